The van der Waals surface area contributed by atoms with E-state index in [0.29, 0.717) is 17.6 Å². The standard InChI is InChI=1S/C51H31N5O2/c1-3-15-33(16-4-1)55-41-24-10-7-19-35(41)37-22-13-23-39(48(37)55)50-52-49(32-29-30-45-40(31-32)36-20-8-11-26-43(36)57-45)53-51(54-50)56(34-17-5-2-6-18-34)42-25-14-28-46-47(42)38-21-9-12-27-44(38)58-46/h1-31H. The van der Waals surface area contributed by atoms with E-state index in [4.69, 9.17) is 23.8 Å². The summed E-state index contributed by atoms with van der Waals surface area (Å²) in [6.45, 7) is 0. The Kier molecular flexibility index (Phi) is 7.09. The van der Waals surface area contributed by atoms with Gasteiger partial charge in [-0.3, -0.25) is 4.90 Å². The molecule has 0 N–H and O–H groups in total. The molecule has 4 aromatic heterocycles. The van der Waals surface area contributed by atoms with Gasteiger partial charge in [-0.1, -0.05) is 109 Å². The van der Waals surface area contributed by atoms with Gasteiger partial charge in [0.15, 0.2) is 11.6 Å². The molecule has 0 aliphatic rings. The first kappa shape index (κ1) is 32.2. The van der Waals surface area contributed by atoms with Crippen LogP contribution in [-0.4, -0.2) is 19.5 Å². The molecule has 12 aromatic rings. The summed E-state index contributed by atoms with van der Waals surface area (Å²) < 4.78 is 15.0. The number of para-hydroxylation sites is 6. The van der Waals surface area contributed by atoms with E-state index in [0.717, 1.165) is 93.9 Å². The van der Waals surface area contributed by atoms with E-state index in [-0.39, 0.29) is 0 Å². The third-order valence-corrected chi connectivity index (χ3v) is 11.0. The smallest absolute Gasteiger partial charge is 0.238 e. The first-order chi connectivity index (χ1) is 28.8. The molecule has 0 radical (unpaired) electrons. The fourth-order valence-electron chi connectivity index (χ4n) is 8.51. The number of benzene rings is 8. The van der Waals surface area contributed by atoms with Crippen molar-refractivity contribution in [2.75, 3.05) is 4.90 Å². The lowest BCUT2D eigenvalue weighted by Crippen LogP contribution is -2.15. The molecule has 0 aliphatic carbocycles. The van der Waals surface area contributed by atoms with Crippen molar-refractivity contribution >= 4 is 83.0 Å². The normalized spacial score (nSPS) is 11.8. The molecule has 58 heavy (non-hydrogen) atoms. The highest BCUT2D eigenvalue weighted by Gasteiger charge is 2.25. The fourth-order valence-corrected chi connectivity index (χ4v) is 8.51. The average Bonchev–Trinajstić information content (AvgIpc) is 3.97. The summed E-state index contributed by atoms with van der Waals surface area (Å²) in [4.78, 5) is 18.3. The van der Waals surface area contributed by atoms with Crippen LogP contribution < -0.4 is 4.90 Å². The quantitative estimate of drug-likeness (QED) is 0.169. The van der Waals surface area contributed by atoms with E-state index in [1.165, 1.54) is 0 Å². The van der Waals surface area contributed by atoms with Gasteiger partial charge in [-0.05, 0) is 78.9 Å². The topological polar surface area (TPSA) is 73.1 Å². The molecule has 0 fully saturated rings. The molecule has 0 aliphatic heterocycles. The lowest BCUT2D eigenvalue weighted by Gasteiger charge is -2.24. The summed E-state index contributed by atoms with van der Waals surface area (Å²) in [6, 6.07) is 64.3. The van der Waals surface area contributed by atoms with Gasteiger partial charge in [-0.25, -0.2) is 4.98 Å². The zero-order valence-corrected chi connectivity index (χ0v) is 31.0. The number of furan rings is 2. The van der Waals surface area contributed by atoms with Crippen LogP contribution in [0.4, 0.5) is 17.3 Å². The van der Waals surface area contributed by atoms with Crippen molar-refractivity contribution in [2.24, 2.45) is 0 Å². The highest BCUT2D eigenvalue weighted by Crippen LogP contribution is 2.44. The molecule has 7 nitrogen and oxygen atoms in total. The number of rotatable bonds is 6. The predicted octanol–water partition coefficient (Wildman–Crippen LogP) is 13.6. The second-order valence-electron chi connectivity index (χ2n) is 14.4. The van der Waals surface area contributed by atoms with Gasteiger partial charge in [0.2, 0.25) is 5.95 Å². The Morgan fingerprint density at radius 1 is 0.431 bits per heavy atom. The van der Waals surface area contributed by atoms with Crippen molar-refractivity contribution in [3.63, 3.8) is 0 Å². The molecule has 4 heterocycles. The van der Waals surface area contributed by atoms with Crippen LogP contribution in [0.15, 0.2) is 197 Å². The third kappa shape index (κ3) is 4.97. The summed E-state index contributed by atoms with van der Waals surface area (Å²) in [6.07, 6.45) is 0. The minimum Gasteiger partial charge on any atom is -0.456 e. The first-order valence-corrected chi connectivity index (χ1v) is 19.3. The van der Waals surface area contributed by atoms with Gasteiger partial charge < -0.3 is 13.4 Å². The number of fused-ring (bicyclic) bond motifs is 9. The molecule has 0 amide bonds. The van der Waals surface area contributed by atoms with Crippen molar-refractivity contribution in [2.45, 2.75) is 0 Å². The second-order valence-corrected chi connectivity index (χ2v) is 14.4. The monoisotopic (exact) mass is 745 g/mol. The van der Waals surface area contributed by atoms with Gasteiger partial charge in [0, 0.05) is 49.4 Å². The second kappa shape index (κ2) is 12.8. The number of hydrogen-bond donors (Lipinski definition) is 0. The molecule has 0 spiro atoms. The Bertz CT molecular complexity index is 3530. The Labute approximate surface area is 331 Å². The highest BCUT2D eigenvalue weighted by atomic mass is 16.3. The molecule has 0 saturated carbocycles. The molecule has 0 unspecified atom stereocenters. The van der Waals surface area contributed by atoms with E-state index >= 15 is 0 Å². The maximum Gasteiger partial charge on any atom is 0.238 e. The van der Waals surface area contributed by atoms with Crippen LogP contribution >= 0.6 is 0 Å². The van der Waals surface area contributed by atoms with E-state index in [2.05, 4.69) is 113 Å². The van der Waals surface area contributed by atoms with E-state index in [1.807, 2.05) is 84.9 Å². The van der Waals surface area contributed by atoms with Crippen LogP contribution in [-0.2, 0) is 0 Å². The van der Waals surface area contributed by atoms with Crippen LogP contribution in [0.2, 0.25) is 0 Å². The van der Waals surface area contributed by atoms with Gasteiger partial charge in [0.25, 0.3) is 0 Å². The maximum absolute atomic E-state index is 6.41. The average molecular weight is 746 g/mol. The van der Waals surface area contributed by atoms with Crippen LogP contribution in [0.1, 0.15) is 0 Å². The summed E-state index contributed by atoms with van der Waals surface area (Å²) in [7, 11) is 0. The molecular formula is C51H31N5O2. The lowest BCUT2D eigenvalue weighted by molar-refractivity contribution is 0.668. The summed E-state index contributed by atoms with van der Waals surface area (Å²) in [5, 5.41) is 6.29. The molecule has 272 valence electrons. The Hall–Kier alpha value is -8.03. The molecule has 0 saturated heterocycles. The number of anilines is 3. The SMILES string of the molecule is c1ccc(N(c2nc(-c3ccc4oc5ccccc5c4c3)nc(-c3cccc4c5ccccc5n(-c5ccccc5)c34)n2)c2cccc3oc4ccccc4c23)cc1. The van der Waals surface area contributed by atoms with E-state index < -0.39 is 0 Å². The number of hydrogen-bond acceptors (Lipinski definition) is 6. The molecule has 8 aromatic carbocycles. The zero-order chi connectivity index (χ0) is 38.2. The molecule has 12 rings (SSSR count). The molecule has 7 heteroatoms. The molecule has 0 atom stereocenters. The van der Waals surface area contributed by atoms with Crippen LogP contribution in [0, 0.1) is 0 Å². The van der Waals surface area contributed by atoms with Crippen LogP contribution in [0.3, 0.4) is 0 Å². The Morgan fingerprint density at radius 2 is 1.05 bits per heavy atom. The van der Waals surface area contributed by atoms with Crippen molar-refractivity contribution in [3.8, 4) is 28.5 Å². The minimum atomic E-state index is 0.473. The Balaban J connectivity index is 1.18. The predicted molar refractivity (Wildman–Crippen MR) is 234 cm³/mol. The highest BCUT2D eigenvalue weighted by molar-refractivity contribution is 6.15. The van der Waals surface area contributed by atoms with Gasteiger partial charge in [0.05, 0.1) is 22.1 Å². The maximum atomic E-state index is 6.41. The number of aromatic nitrogens is 4. The minimum absolute atomic E-state index is 0.473. The van der Waals surface area contributed by atoms with Gasteiger partial charge in [-0.15, -0.1) is 0 Å². The van der Waals surface area contributed by atoms with E-state index in [9.17, 15) is 0 Å². The summed E-state index contributed by atoms with van der Waals surface area (Å²) in [5.41, 5.74) is 9.94. The summed E-state index contributed by atoms with van der Waals surface area (Å²) >= 11 is 0. The van der Waals surface area contributed by atoms with Crippen molar-refractivity contribution < 1.29 is 8.83 Å². The summed E-state index contributed by atoms with van der Waals surface area (Å²) in [5.74, 6) is 1.56. The largest absolute Gasteiger partial charge is 0.456 e. The van der Waals surface area contributed by atoms with E-state index in [1.54, 1.807) is 0 Å². The number of nitrogens with zero attached hydrogens (tertiary/aromatic N) is 5. The van der Waals surface area contributed by atoms with Crippen molar-refractivity contribution in [3.05, 3.63) is 188 Å². The third-order valence-electron chi connectivity index (χ3n) is 11.0. The van der Waals surface area contributed by atoms with Crippen LogP contribution in [0.5, 0.6) is 0 Å². The van der Waals surface area contributed by atoms with Gasteiger partial charge in [0.1, 0.15) is 22.3 Å². The Morgan fingerprint density at radius 3 is 1.90 bits per heavy atom. The molecule has 0 bridgehead atoms. The molecular weight excluding hydrogens is 715 g/mol. The fraction of sp³-hybridized carbons (Fsp3) is 0. The van der Waals surface area contributed by atoms with Gasteiger partial charge in [-0.2, -0.15) is 9.97 Å². The van der Waals surface area contributed by atoms with Crippen molar-refractivity contribution in [1.29, 1.82) is 0 Å². The van der Waals surface area contributed by atoms with Crippen molar-refractivity contribution in [1.82, 2.24) is 19.5 Å². The lowest BCUT2D eigenvalue weighted by atomic mass is 10.1. The van der Waals surface area contributed by atoms with Gasteiger partial charge >= 0.3 is 0 Å². The zero-order valence-electron chi connectivity index (χ0n) is 31.0. The first-order valence-electron chi connectivity index (χ1n) is 19.3. The van der Waals surface area contributed by atoms with Crippen LogP contribution in [0.25, 0.3) is 94.1 Å².